The highest BCUT2D eigenvalue weighted by molar-refractivity contribution is 9.10. The van der Waals surface area contributed by atoms with Crippen LogP contribution in [0.3, 0.4) is 0 Å². The molecule has 1 N–H and O–H groups in total. The maximum atomic E-state index is 14.8. The number of amides is 1. The number of carbonyl (C=O) groups is 1. The normalized spacial score (nSPS) is 15.5. The van der Waals surface area contributed by atoms with E-state index in [1.165, 1.54) is 11.1 Å². The largest absolute Gasteiger partial charge is 0.351 e. The molecule has 0 aliphatic heterocycles. The molecule has 0 atom stereocenters. The number of carbonyl (C=O) groups excluding carboxylic acids is 1. The van der Waals surface area contributed by atoms with Crippen molar-refractivity contribution in [2.24, 2.45) is 0 Å². The summed E-state index contributed by atoms with van der Waals surface area (Å²) in [6.45, 7) is 0.715. The summed E-state index contributed by atoms with van der Waals surface area (Å²) < 4.78 is 83.6. The first-order chi connectivity index (χ1) is 19.0. The molecular formula is C29H27BrF4N2O3S. The van der Waals surface area contributed by atoms with Crippen LogP contribution in [0.25, 0.3) is 0 Å². The number of sulfonamides is 1. The van der Waals surface area contributed by atoms with Gasteiger partial charge in [0.25, 0.3) is 0 Å². The van der Waals surface area contributed by atoms with E-state index in [1.54, 1.807) is 31.2 Å². The zero-order valence-corrected chi connectivity index (χ0v) is 24.0. The second-order valence-corrected chi connectivity index (χ2v) is 13.1. The molecule has 212 valence electrons. The molecule has 0 bridgehead atoms. The Morgan fingerprint density at radius 3 is 2.08 bits per heavy atom. The Hall–Kier alpha value is -2.76. The Balaban J connectivity index is 1.42. The summed E-state index contributed by atoms with van der Waals surface area (Å²) in [5.74, 6) is -8.03. The molecule has 0 heterocycles. The number of hydrogen-bond donors (Lipinski definition) is 1. The van der Waals surface area contributed by atoms with Gasteiger partial charge in [-0.3, -0.25) is 4.79 Å². The average Bonchev–Trinajstić information content (AvgIpc) is 3.83. The molecule has 3 aromatic rings. The molecule has 1 amide bonds. The zero-order chi connectivity index (χ0) is 28.8. The number of halogens is 5. The monoisotopic (exact) mass is 638 g/mol. The lowest BCUT2D eigenvalue weighted by Gasteiger charge is -2.24. The highest BCUT2D eigenvalue weighted by atomic mass is 79.9. The minimum absolute atomic E-state index is 0.148. The first-order valence-electron chi connectivity index (χ1n) is 12.9. The summed E-state index contributed by atoms with van der Waals surface area (Å²) in [6.07, 6.45) is 4.51. The zero-order valence-electron chi connectivity index (χ0n) is 21.6. The third kappa shape index (κ3) is 5.96. The summed E-state index contributed by atoms with van der Waals surface area (Å²) in [5, 5.41) is 2.73. The van der Waals surface area contributed by atoms with E-state index in [4.69, 9.17) is 0 Å². The van der Waals surface area contributed by atoms with Crippen molar-refractivity contribution in [3.63, 3.8) is 0 Å². The molecule has 0 saturated heterocycles. The van der Waals surface area contributed by atoms with E-state index < -0.39 is 61.7 Å². The van der Waals surface area contributed by atoms with Gasteiger partial charge in [-0.25, -0.2) is 26.0 Å². The van der Waals surface area contributed by atoms with Crippen molar-refractivity contribution in [2.75, 3.05) is 6.54 Å². The van der Waals surface area contributed by atoms with Gasteiger partial charge in [-0.05, 0) is 88.2 Å². The second-order valence-electron chi connectivity index (χ2n) is 10.4. The number of nitrogens with zero attached hydrogens (tertiary/aromatic N) is 1. The molecule has 11 heteroatoms. The molecule has 0 aromatic heterocycles. The van der Waals surface area contributed by atoms with Crippen LogP contribution in [0, 0.1) is 30.2 Å². The second kappa shape index (κ2) is 11.3. The van der Waals surface area contributed by atoms with Gasteiger partial charge in [0.2, 0.25) is 15.9 Å². The summed E-state index contributed by atoms with van der Waals surface area (Å²) >= 11 is 2.57. The lowest BCUT2D eigenvalue weighted by molar-refractivity contribution is -0.121. The standard InChI is InChI=1S/C29H27BrF4N2O3S/c1-16-4-2-3-5-20(16)14-36(40(38,39)29-24(30)25(31)26(32)27(33)28(29)34)15-23(37)35-13-17-10-21(18-6-7-18)12-22(11-17)19-8-9-19/h2-5,10-12,18-19H,6-9,13-15H2,1H3,(H,35,37). The van der Waals surface area contributed by atoms with E-state index >= 15 is 0 Å². The highest BCUT2D eigenvalue weighted by Crippen LogP contribution is 2.45. The fourth-order valence-corrected chi connectivity index (χ4v) is 7.16. The lowest BCUT2D eigenvalue weighted by atomic mass is 10.00. The van der Waals surface area contributed by atoms with Crippen LogP contribution in [0.1, 0.15) is 65.3 Å². The average molecular weight is 640 g/mol. The smallest absolute Gasteiger partial charge is 0.248 e. The number of hydrogen-bond acceptors (Lipinski definition) is 3. The maximum Gasteiger partial charge on any atom is 0.248 e. The van der Waals surface area contributed by atoms with Crippen molar-refractivity contribution in [1.82, 2.24) is 9.62 Å². The third-order valence-electron chi connectivity index (χ3n) is 7.32. The minimum Gasteiger partial charge on any atom is -0.351 e. The van der Waals surface area contributed by atoms with Gasteiger partial charge in [0.15, 0.2) is 23.3 Å². The molecule has 5 nitrogen and oxygen atoms in total. The first kappa shape index (κ1) is 28.8. The molecular weight excluding hydrogens is 612 g/mol. The molecule has 0 spiro atoms. The van der Waals surface area contributed by atoms with Gasteiger partial charge in [0.05, 0.1) is 11.0 Å². The van der Waals surface area contributed by atoms with E-state index in [0.29, 0.717) is 27.3 Å². The molecule has 2 aliphatic rings. The Morgan fingerprint density at radius 1 is 0.925 bits per heavy atom. The van der Waals surface area contributed by atoms with Gasteiger partial charge in [-0.2, -0.15) is 4.31 Å². The molecule has 2 aliphatic carbocycles. The van der Waals surface area contributed by atoms with E-state index in [0.717, 1.165) is 31.2 Å². The molecule has 5 rings (SSSR count). The summed E-state index contributed by atoms with van der Waals surface area (Å²) in [6, 6.07) is 13.0. The Morgan fingerprint density at radius 2 is 1.50 bits per heavy atom. The van der Waals surface area contributed by atoms with Crippen LogP contribution < -0.4 is 5.32 Å². The fourth-order valence-electron chi connectivity index (χ4n) is 4.71. The molecule has 3 aromatic carbocycles. The molecule has 2 fully saturated rings. The van der Waals surface area contributed by atoms with E-state index in [2.05, 4.69) is 27.3 Å². The number of rotatable bonds is 10. The van der Waals surface area contributed by atoms with Gasteiger partial charge in [0.1, 0.15) is 4.90 Å². The van der Waals surface area contributed by atoms with Crippen LogP contribution in [0.15, 0.2) is 51.8 Å². The van der Waals surface area contributed by atoms with Crippen molar-refractivity contribution in [3.05, 3.63) is 98.0 Å². The Labute approximate surface area is 238 Å². The summed E-state index contributed by atoms with van der Waals surface area (Å²) in [7, 11) is -5.03. The predicted octanol–water partition coefficient (Wildman–Crippen LogP) is 6.58. The van der Waals surface area contributed by atoms with Crippen molar-refractivity contribution in [2.45, 2.75) is 62.4 Å². The number of benzene rings is 3. The Kier molecular flexibility index (Phi) is 8.09. The predicted molar refractivity (Wildman–Crippen MR) is 145 cm³/mol. The Bertz CT molecular complexity index is 1530. The van der Waals surface area contributed by atoms with Gasteiger partial charge >= 0.3 is 0 Å². The van der Waals surface area contributed by atoms with Crippen molar-refractivity contribution < 1.29 is 30.8 Å². The van der Waals surface area contributed by atoms with Crippen molar-refractivity contribution in [3.8, 4) is 0 Å². The molecule has 40 heavy (non-hydrogen) atoms. The lowest BCUT2D eigenvalue weighted by Crippen LogP contribution is -2.40. The van der Waals surface area contributed by atoms with Crippen LogP contribution in [0.4, 0.5) is 17.6 Å². The van der Waals surface area contributed by atoms with Crippen LogP contribution in [-0.2, 0) is 27.9 Å². The SMILES string of the molecule is Cc1ccccc1CN(CC(=O)NCc1cc(C2CC2)cc(C2CC2)c1)S(=O)(=O)c1c(F)c(F)c(F)c(F)c1Br. The van der Waals surface area contributed by atoms with Gasteiger partial charge in [-0.1, -0.05) is 42.5 Å². The topological polar surface area (TPSA) is 66.5 Å². The first-order valence-corrected chi connectivity index (χ1v) is 15.2. The summed E-state index contributed by atoms with van der Waals surface area (Å²) in [4.78, 5) is 11.6. The third-order valence-corrected chi connectivity index (χ3v) is 10.2. The minimum atomic E-state index is -5.03. The number of aryl methyl sites for hydroxylation is 1. The van der Waals surface area contributed by atoms with Crippen LogP contribution in [-0.4, -0.2) is 25.2 Å². The van der Waals surface area contributed by atoms with Gasteiger partial charge in [-0.15, -0.1) is 0 Å². The van der Waals surface area contributed by atoms with E-state index in [9.17, 15) is 30.8 Å². The fraction of sp³-hybridized carbons (Fsp3) is 0.345. The summed E-state index contributed by atoms with van der Waals surface area (Å²) in [5.41, 5.74) is 4.54. The van der Waals surface area contributed by atoms with Crippen LogP contribution in [0.5, 0.6) is 0 Å². The van der Waals surface area contributed by atoms with Crippen LogP contribution in [0.2, 0.25) is 0 Å². The quantitative estimate of drug-likeness (QED) is 0.155. The van der Waals surface area contributed by atoms with Crippen molar-refractivity contribution >= 4 is 31.9 Å². The van der Waals surface area contributed by atoms with E-state index in [-0.39, 0.29) is 6.54 Å². The van der Waals surface area contributed by atoms with Gasteiger partial charge < -0.3 is 5.32 Å². The molecule has 2 saturated carbocycles. The van der Waals surface area contributed by atoms with Gasteiger partial charge in [0, 0.05) is 13.1 Å². The van der Waals surface area contributed by atoms with E-state index in [1.807, 2.05) is 12.1 Å². The number of nitrogens with one attached hydrogen (secondary N) is 1. The molecule has 0 unspecified atom stereocenters. The van der Waals surface area contributed by atoms with Crippen molar-refractivity contribution in [1.29, 1.82) is 0 Å². The maximum absolute atomic E-state index is 14.8. The van der Waals surface area contributed by atoms with Crippen LogP contribution >= 0.6 is 15.9 Å². The molecule has 0 radical (unpaired) electrons. The highest BCUT2D eigenvalue weighted by Gasteiger charge is 2.37.